The Kier molecular flexibility index (Phi) is 5.84. The van der Waals surface area contributed by atoms with Crippen LogP contribution in [0.15, 0.2) is 47.3 Å². The summed E-state index contributed by atoms with van der Waals surface area (Å²) in [5.41, 5.74) is 1.69. The zero-order valence-electron chi connectivity index (χ0n) is 18.2. The highest BCUT2D eigenvalue weighted by molar-refractivity contribution is 6.30. The lowest BCUT2D eigenvalue weighted by Crippen LogP contribution is -2.41. The van der Waals surface area contributed by atoms with Crippen molar-refractivity contribution in [3.8, 4) is 5.75 Å². The van der Waals surface area contributed by atoms with E-state index in [1.54, 1.807) is 10.6 Å². The lowest BCUT2D eigenvalue weighted by atomic mass is 9.97. The fourth-order valence-electron chi connectivity index (χ4n) is 4.04. The van der Waals surface area contributed by atoms with Crippen LogP contribution in [0.5, 0.6) is 5.75 Å². The molecular formula is C24H28ClN3O3. The van der Waals surface area contributed by atoms with E-state index < -0.39 is 0 Å². The van der Waals surface area contributed by atoms with Gasteiger partial charge in [0.15, 0.2) is 0 Å². The lowest BCUT2D eigenvalue weighted by Gasteiger charge is -2.32. The summed E-state index contributed by atoms with van der Waals surface area (Å²) in [6.07, 6.45) is 1.58. The van der Waals surface area contributed by atoms with Crippen molar-refractivity contribution in [2.75, 3.05) is 13.1 Å². The Morgan fingerprint density at radius 1 is 1.13 bits per heavy atom. The molecule has 164 valence electrons. The van der Waals surface area contributed by atoms with Gasteiger partial charge in [0.1, 0.15) is 11.9 Å². The van der Waals surface area contributed by atoms with E-state index in [0.717, 1.165) is 24.1 Å². The number of carbonyl (C=O) groups excluding carboxylic acids is 1. The van der Waals surface area contributed by atoms with Gasteiger partial charge in [-0.1, -0.05) is 38.4 Å². The normalized spacial score (nSPS) is 15.4. The standard InChI is InChI=1S/C24H28ClN3O3/c1-24(2,3)15-28-20-6-4-5-19(21(20)26-23(28)30)22(29)27-13-11-18(12-14-27)31-17-9-7-16(25)8-10-17/h4-10,18H,11-15H2,1-3H3,(H,26,30). The van der Waals surface area contributed by atoms with Crippen molar-refractivity contribution in [2.24, 2.45) is 5.41 Å². The quantitative estimate of drug-likeness (QED) is 0.637. The predicted octanol–water partition coefficient (Wildman–Crippen LogP) is 4.71. The van der Waals surface area contributed by atoms with Gasteiger partial charge in [-0.25, -0.2) is 4.79 Å². The molecule has 1 aromatic heterocycles. The molecule has 1 aliphatic heterocycles. The first-order chi connectivity index (χ1) is 14.7. The predicted molar refractivity (Wildman–Crippen MR) is 123 cm³/mol. The zero-order chi connectivity index (χ0) is 22.2. The first-order valence-electron chi connectivity index (χ1n) is 10.6. The Hall–Kier alpha value is -2.73. The first-order valence-corrected chi connectivity index (χ1v) is 11.0. The van der Waals surface area contributed by atoms with E-state index in [0.29, 0.717) is 35.7 Å². The van der Waals surface area contributed by atoms with Crippen molar-refractivity contribution in [3.63, 3.8) is 0 Å². The van der Waals surface area contributed by atoms with E-state index in [1.165, 1.54) is 0 Å². The van der Waals surface area contributed by atoms with E-state index in [9.17, 15) is 9.59 Å². The highest BCUT2D eigenvalue weighted by atomic mass is 35.5. The maximum atomic E-state index is 13.3. The SMILES string of the molecule is CC(C)(C)Cn1c(=O)[nH]c2c(C(=O)N3CCC(Oc4ccc(Cl)cc4)CC3)cccc21. The van der Waals surface area contributed by atoms with Crippen molar-refractivity contribution < 1.29 is 9.53 Å². The van der Waals surface area contributed by atoms with Crippen LogP contribution in [0, 0.1) is 5.41 Å². The number of hydrogen-bond acceptors (Lipinski definition) is 3. The molecule has 2 heterocycles. The van der Waals surface area contributed by atoms with E-state index in [1.807, 2.05) is 41.3 Å². The molecule has 0 unspecified atom stereocenters. The van der Waals surface area contributed by atoms with Crippen molar-refractivity contribution >= 4 is 28.5 Å². The molecule has 3 aromatic rings. The molecule has 0 radical (unpaired) electrons. The second-order valence-corrected chi connectivity index (χ2v) is 9.78. The maximum absolute atomic E-state index is 13.3. The van der Waals surface area contributed by atoms with Crippen LogP contribution in [0.25, 0.3) is 11.0 Å². The Morgan fingerprint density at radius 3 is 2.45 bits per heavy atom. The van der Waals surface area contributed by atoms with E-state index in [4.69, 9.17) is 16.3 Å². The van der Waals surface area contributed by atoms with Gasteiger partial charge in [0.2, 0.25) is 0 Å². The van der Waals surface area contributed by atoms with Crippen LogP contribution >= 0.6 is 11.6 Å². The minimum Gasteiger partial charge on any atom is -0.490 e. The van der Waals surface area contributed by atoms with E-state index in [2.05, 4.69) is 25.8 Å². The first kappa shape index (κ1) is 21.5. The van der Waals surface area contributed by atoms with E-state index in [-0.39, 0.29) is 23.1 Å². The van der Waals surface area contributed by atoms with Gasteiger partial charge in [-0.05, 0) is 41.8 Å². The number of ether oxygens (including phenoxy) is 1. The minimum atomic E-state index is -0.180. The van der Waals surface area contributed by atoms with Gasteiger partial charge in [0, 0.05) is 37.5 Å². The number of amides is 1. The van der Waals surface area contributed by atoms with Crippen LogP contribution in [0.2, 0.25) is 5.02 Å². The fraction of sp³-hybridized carbons (Fsp3) is 0.417. The van der Waals surface area contributed by atoms with Gasteiger partial charge in [0.05, 0.1) is 16.6 Å². The number of carbonyl (C=O) groups is 1. The Bertz CT molecular complexity index is 1130. The number of nitrogens with one attached hydrogen (secondary N) is 1. The second-order valence-electron chi connectivity index (χ2n) is 9.34. The summed E-state index contributed by atoms with van der Waals surface area (Å²) >= 11 is 5.93. The number of benzene rings is 2. The molecule has 0 spiro atoms. The number of nitrogens with zero attached hydrogens (tertiary/aromatic N) is 2. The van der Waals surface area contributed by atoms with Crippen LogP contribution in [0.4, 0.5) is 0 Å². The molecule has 1 saturated heterocycles. The van der Waals surface area contributed by atoms with Crippen molar-refractivity contribution in [1.29, 1.82) is 0 Å². The van der Waals surface area contributed by atoms with Gasteiger partial charge >= 0.3 is 5.69 Å². The topological polar surface area (TPSA) is 67.3 Å². The Morgan fingerprint density at radius 2 is 1.81 bits per heavy atom. The molecule has 4 rings (SSSR count). The number of aromatic amines is 1. The largest absolute Gasteiger partial charge is 0.490 e. The number of halogens is 1. The third kappa shape index (κ3) is 4.79. The monoisotopic (exact) mass is 441 g/mol. The average Bonchev–Trinajstić information content (AvgIpc) is 3.04. The molecule has 0 saturated carbocycles. The average molecular weight is 442 g/mol. The summed E-state index contributed by atoms with van der Waals surface area (Å²) in [5.74, 6) is 0.733. The number of aromatic nitrogens is 2. The number of likely N-dealkylation sites (tertiary alicyclic amines) is 1. The number of rotatable bonds is 4. The lowest BCUT2D eigenvalue weighted by molar-refractivity contribution is 0.0597. The highest BCUT2D eigenvalue weighted by Crippen LogP contribution is 2.25. The number of para-hydroxylation sites is 1. The zero-order valence-corrected chi connectivity index (χ0v) is 18.9. The fourth-order valence-corrected chi connectivity index (χ4v) is 4.17. The van der Waals surface area contributed by atoms with Crippen molar-refractivity contribution in [2.45, 2.75) is 46.3 Å². The van der Waals surface area contributed by atoms with Crippen LogP contribution < -0.4 is 10.4 Å². The van der Waals surface area contributed by atoms with Crippen LogP contribution in [-0.4, -0.2) is 39.6 Å². The van der Waals surface area contributed by atoms with Gasteiger partial charge < -0.3 is 14.6 Å². The van der Waals surface area contributed by atoms with Crippen LogP contribution in [0.3, 0.4) is 0 Å². The summed E-state index contributed by atoms with van der Waals surface area (Å²) < 4.78 is 7.75. The summed E-state index contributed by atoms with van der Waals surface area (Å²) in [5, 5.41) is 0.677. The number of fused-ring (bicyclic) bond motifs is 1. The van der Waals surface area contributed by atoms with Crippen LogP contribution in [-0.2, 0) is 6.54 Å². The molecule has 1 N–H and O–H groups in total. The molecule has 0 aliphatic carbocycles. The third-order valence-corrected chi connectivity index (χ3v) is 5.77. The van der Waals surface area contributed by atoms with Gasteiger partial charge in [-0.2, -0.15) is 0 Å². The minimum absolute atomic E-state index is 0.0507. The molecule has 7 heteroatoms. The molecule has 1 fully saturated rings. The summed E-state index contributed by atoms with van der Waals surface area (Å²) in [4.78, 5) is 30.6. The Labute approximate surface area is 186 Å². The Balaban J connectivity index is 1.48. The maximum Gasteiger partial charge on any atom is 0.326 e. The molecule has 0 atom stereocenters. The van der Waals surface area contributed by atoms with Crippen molar-refractivity contribution in [1.82, 2.24) is 14.5 Å². The van der Waals surface area contributed by atoms with Crippen molar-refractivity contribution in [3.05, 3.63) is 63.5 Å². The molecule has 2 aromatic carbocycles. The number of hydrogen-bond donors (Lipinski definition) is 1. The van der Waals surface area contributed by atoms with Gasteiger partial charge in [0.25, 0.3) is 5.91 Å². The molecule has 31 heavy (non-hydrogen) atoms. The molecule has 1 amide bonds. The summed E-state index contributed by atoms with van der Waals surface area (Å²) in [6.45, 7) is 8.06. The second kappa shape index (κ2) is 8.42. The summed E-state index contributed by atoms with van der Waals surface area (Å²) in [6, 6.07) is 12.9. The third-order valence-electron chi connectivity index (χ3n) is 5.52. The summed E-state index contributed by atoms with van der Waals surface area (Å²) in [7, 11) is 0. The van der Waals surface area contributed by atoms with Gasteiger partial charge in [-0.15, -0.1) is 0 Å². The molecule has 0 bridgehead atoms. The smallest absolute Gasteiger partial charge is 0.326 e. The highest BCUT2D eigenvalue weighted by Gasteiger charge is 2.27. The van der Waals surface area contributed by atoms with Gasteiger partial charge in [-0.3, -0.25) is 9.36 Å². The number of H-pyrrole nitrogens is 1. The van der Waals surface area contributed by atoms with Crippen LogP contribution in [0.1, 0.15) is 44.0 Å². The number of piperidine rings is 1. The van der Waals surface area contributed by atoms with E-state index >= 15 is 0 Å². The molecular weight excluding hydrogens is 414 g/mol. The molecule has 1 aliphatic rings. The molecule has 6 nitrogen and oxygen atoms in total. The number of imidazole rings is 1.